The number of carbonyl (C=O) groups is 1. The molecule has 3 nitrogen and oxygen atoms in total. The van der Waals surface area contributed by atoms with Gasteiger partial charge in [-0.1, -0.05) is 6.07 Å². The van der Waals surface area contributed by atoms with Gasteiger partial charge in [-0.3, -0.25) is 4.79 Å². The lowest BCUT2D eigenvalue weighted by atomic mass is 10.00. The molecule has 0 saturated carbocycles. The fourth-order valence-electron chi connectivity index (χ4n) is 2.30. The van der Waals surface area contributed by atoms with Gasteiger partial charge in [-0.15, -0.1) is 0 Å². The molecule has 0 bridgehead atoms. The van der Waals surface area contributed by atoms with Gasteiger partial charge in [0.2, 0.25) is 0 Å². The Bertz CT molecular complexity index is 656. The molecule has 20 heavy (non-hydrogen) atoms. The number of ketones is 1. The van der Waals surface area contributed by atoms with Gasteiger partial charge in [-0.25, -0.2) is 4.39 Å². The highest BCUT2D eigenvalue weighted by atomic mass is 19.1. The summed E-state index contributed by atoms with van der Waals surface area (Å²) in [6.07, 6.45) is 0.140. The summed E-state index contributed by atoms with van der Waals surface area (Å²) in [7, 11) is 1.41. The molecule has 0 N–H and O–H groups in total. The highest BCUT2D eigenvalue weighted by Crippen LogP contribution is 2.24. The van der Waals surface area contributed by atoms with Crippen LogP contribution in [0.3, 0.4) is 0 Å². The molecule has 4 heteroatoms. The lowest BCUT2D eigenvalue weighted by Crippen LogP contribution is -2.06. The average Bonchev–Trinajstić information content (AvgIpc) is 2.63. The molecule has 0 aliphatic heterocycles. The van der Waals surface area contributed by atoms with E-state index in [9.17, 15) is 9.18 Å². The number of ether oxygens (including phenoxy) is 1. The second-order valence-electron chi connectivity index (χ2n) is 4.78. The lowest BCUT2D eigenvalue weighted by Gasteiger charge is -2.05. The van der Waals surface area contributed by atoms with E-state index in [2.05, 4.69) is 0 Å². The molecular formula is C16H17FO3. The SMILES string of the molecule is COc1ccc(CC(=O)c2c(C)oc(C)c2C)cc1F. The minimum absolute atomic E-state index is 0.0681. The quantitative estimate of drug-likeness (QED) is 0.798. The molecule has 0 aliphatic carbocycles. The third kappa shape index (κ3) is 2.59. The van der Waals surface area contributed by atoms with Crippen LogP contribution in [0.5, 0.6) is 5.75 Å². The van der Waals surface area contributed by atoms with Crippen molar-refractivity contribution in [2.75, 3.05) is 7.11 Å². The second kappa shape index (κ2) is 5.49. The average molecular weight is 276 g/mol. The third-order valence-electron chi connectivity index (χ3n) is 3.42. The molecular weight excluding hydrogens is 259 g/mol. The number of carbonyl (C=O) groups excluding carboxylic acids is 1. The van der Waals surface area contributed by atoms with E-state index in [1.165, 1.54) is 19.2 Å². The summed E-state index contributed by atoms with van der Waals surface area (Å²) in [6.45, 7) is 5.45. The first kappa shape index (κ1) is 14.3. The van der Waals surface area contributed by atoms with Crippen molar-refractivity contribution >= 4 is 5.78 Å². The zero-order valence-electron chi connectivity index (χ0n) is 12.0. The zero-order valence-corrected chi connectivity index (χ0v) is 12.0. The number of hydrogen-bond donors (Lipinski definition) is 0. The van der Waals surface area contributed by atoms with Gasteiger partial charge in [0.05, 0.1) is 12.7 Å². The van der Waals surface area contributed by atoms with Crippen LogP contribution in [0.4, 0.5) is 4.39 Å². The van der Waals surface area contributed by atoms with Crippen LogP contribution in [0.25, 0.3) is 0 Å². The Kier molecular flexibility index (Phi) is 3.93. The number of aryl methyl sites for hydroxylation is 2. The minimum atomic E-state index is -0.463. The van der Waals surface area contributed by atoms with E-state index in [-0.39, 0.29) is 18.0 Å². The van der Waals surface area contributed by atoms with E-state index in [1.54, 1.807) is 13.0 Å². The summed E-state index contributed by atoms with van der Waals surface area (Å²) in [4.78, 5) is 12.3. The Morgan fingerprint density at radius 3 is 2.45 bits per heavy atom. The largest absolute Gasteiger partial charge is 0.494 e. The molecule has 1 heterocycles. The van der Waals surface area contributed by atoms with E-state index < -0.39 is 5.82 Å². The molecule has 0 spiro atoms. The van der Waals surface area contributed by atoms with Crippen LogP contribution >= 0.6 is 0 Å². The van der Waals surface area contributed by atoms with Crippen molar-refractivity contribution < 1.29 is 18.3 Å². The summed E-state index contributed by atoms with van der Waals surface area (Å²) < 4.78 is 23.9. The van der Waals surface area contributed by atoms with E-state index in [1.807, 2.05) is 13.8 Å². The Hall–Kier alpha value is -2.10. The molecule has 0 amide bonds. The normalized spacial score (nSPS) is 10.7. The van der Waals surface area contributed by atoms with E-state index in [0.29, 0.717) is 16.9 Å². The van der Waals surface area contributed by atoms with Crippen molar-refractivity contribution in [2.45, 2.75) is 27.2 Å². The Labute approximate surface area is 117 Å². The molecule has 1 aromatic carbocycles. The lowest BCUT2D eigenvalue weighted by molar-refractivity contribution is 0.0991. The maximum Gasteiger partial charge on any atom is 0.171 e. The fraction of sp³-hybridized carbons (Fsp3) is 0.312. The molecule has 2 rings (SSSR count). The zero-order chi connectivity index (χ0) is 14.9. The number of benzene rings is 1. The summed E-state index contributed by atoms with van der Waals surface area (Å²) in [6, 6.07) is 4.55. The Balaban J connectivity index is 2.26. The van der Waals surface area contributed by atoms with Gasteiger partial charge in [-0.2, -0.15) is 0 Å². The number of methoxy groups -OCH3 is 1. The summed E-state index contributed by atoms with van der Waals surface area (Å²) in [5, 5.41) is 0. The molecule has 0 fully saturated rings. The van der Waals surface area contributed by atoms with Crippen LogP contribution in [-0.4, -0.2) is 12.9 Å². The van der Waals surface area contributed by atoms with Crippen LogP contribution in [0.1, 0.15) is 33.0 Å². The van der Waals surface area contributed by atoms with Crippen molar-refractivity contribution in [3.63, 3.8) is 0 Å². The molecule has 2 aromatic rings. The molecule has 0 saturated heterocycles. The molecule has 106 valence electrons. The van der Waals surface area contributed by atoms with Crippen molar-refractivity contribution in [1.82, 2.24) is 0 Å². The summed E-state index contributed by atoms with van der Waals surface area (Å²) >= 11 is 0. The van der Waals surface area contributed by atoms with Crippen LogP contribution in [0, 0.1) is 26.6 Å². The van der Waals surface area contributed by atoms with Gasteiger partial charge in [0.25, 0.3) is 0 Å². The van der Waals surface area contributed by atoms with Crippen molar-refractivity contribution in [3.8, 4) is 5.75 Å². The Morgan fingerprint density at radius 2 is 1.95 bits per heavy atom. The van der Waals surface area contributed by atoms with Gasteiger partial charge < -0.3 is 9.15 Å². The van der Waals surface area contributed by atoms with Crippen LogP contribution < -0.4 is 4.74 Å². The van der Waals surface area contributed by atoms with Gasteiger partial charge in [0, 0.05) is 12.0 Å². The minimum Gasteiger partial charge on any atom is -0.494 e. The summed E-state index contributed by atoms with van der Waals surface area (Å²) in [5.41, 5.74) is 2.06. The van der Waals surface area contributed by atoms with E-state index in [0.717, 1.165) is 11.3 Å². The van der Waals surface area contributed by atoms with Crippen molar-refractivity contribution in [2.24, 2.45) is 0 Å². The highest BCUT2D eigenvalue weighted by molar-refractivity contribution is 5.99. The molecule has 0 unspecified atom stereocenters. The first-order valence-corrected chi connectivity index (χ1v) is 6.36. The van der Waals surface area contributed by atoms with Gasteiger partial charge in [0.15, 0.2) is 17.3 Å². The molecule has 0 atom stereocenters. The monoisotopic (exact) mass is 276 g/mol. The predicted octanol–water partition coefficient (Wildman–Crippen LogP) is 3.78. The Morgan fingerprint density at radius 1 is 1.25 bits per heavy atom. The smallest absolute Gasteiger partial charge is 0.171 e. The highest BCUT2D eigenvalue weighted by Gasteiger charge is 2.19. The van der Waals surface area contributed by atoms with Crippen molar-refractivity contribution in [3.05, 3.63) is 52.2 Å². The van der Waals surface area contributed by atoms with Crippen LogP contribution in [0.15, 0.2) is 22.6 Å². The van der Waals surface area contributed by atoms with E-state index >= 15 is 0 Å². The van der Waals surface area contributed by atoms with Gasteiger partial charge >= 0.3 is 0 Å². The van der Waals surface area contributed by atoms with Crippen molar-refractivity contribution in [1.29, 1.82) is 0 Å². The van der Waals surface area contributed by atoms with Gasteiger partial charge in [0.1, 0.15) is 11.5 Å². The number of furan rings is 1. The first-order valence-electron chi connectivity index (χ1n) is 6.36. The number of halogens is 1. The number of rotatable bonds is 4. The number of hydrogen-bond acceptors (Lipinski definition) is 3. The van der Waals surface area contributed by atoms with E-state index in [4.69, 9.17) is 9.15 Å². The first-order chi connectivity index (χ1) is 9.43. The maximum atomic E-state index is 13.6. The number of Topliss-reactive ketones (excluding diaryl/α,β-unsaturated/α-hetero) is 1. The summed E-state index contributed by atoms with van der Waals surface area (Å²) in [5.74, 6) is 0.995. The fourth-order valence-corrected chi connectivity index (χ4v) is 2.30. The second-order valence-corrected chi connectivity index (χ2v) is 4.78. The molecule has 0 aliphatic rings. The topological polar surface area (TPSA) is 39.4 Å². The molecule has 0 radical (unpaired) electrons. The third-order valence-corrected chi connectivity index (χ3v) is 3.42. The van der Waals surface area contributed by atoms with Crippen LogP contribution in [0.2, 0.25) is 0 Å². The standard InChI is InChI=1S/C16H17FO3/c1-9-10(2)20-11(3)16(9)14(18)8-12-5-6-15(19-4)13(17)7-12/h5-7H,8H2,1-4H3. The van der Waals surface area contributed by atoms with Crippen LogP contribution in [-0.2, 0) is 6.42 Å². The maximum absolute atomic E-state index is 13.6. The predicted molar refractivity (Wildman–Crippen MR) is 73.9 cm³/mol. The van der Waals surface area contributed by atoms with Gasteiger partial charge in [-0.05, 0) is 38.5 Å². The molecule has 1 aromatic heterocycles.